The Hall–Kier alpha value is -2.64. The molecule has 1 aliphatic rings. The molecule has 3 aromatic rings. The summed E-state index contributed by atoms with van der Waals surface area (Å²) in [4.78, 5) is 0. The SMILES string of the molecule is Cc1cccc(CN2NNN=C2c2cnn(Cc3ccccc3)c2Br)c1. The van der Waals surface area contributed by atoms with Crippen molar-refractivity contribution in [2.24, 2.45) is 5.10 Å². The fourth-order valence-corrected chi connectivity index (χ4v) is 3.45. The number of hydrazine groups is 2. The van der Waals surface area contributed by atoms with Crippen LogP contribution in [0.2, 0.25) is 0 Å². The van der Waals surface area contributed by atoms with E-state index in [1.54, 1.807) is 0 Å². The number of nitrogens with one attached hydrogen (secondary N) is 2. The maximum atomic E-state index is 4.52. The van der Waals surface area contributed by atoms with E-state index in [0.717, 1.165) is 16.0 Å². The Morgan fingerprint density at radius 2 is 1.81 bits per heavy atom. The molecular weight excluding hydrogens is 392 g/mol. The van der Waals surface area contributed by atoms with Gasteiger partial charge in [0.25, 0.3) is 0 Å². The number of aromatic nitrogens is 2. The molecule has 0 atom stereocenters. The van der Waals surface area contributed by atoms with Crippen LogP contribution >= 0.6 is 15.9 Å². The predicted molar refractivity (Wildman–Crippen MR) is 105 cm³/mol. The van der Waals surface area contributed by atoms with Gasteiger partial charge in [-0.2, -0.15) is 5.10 Å². The zero-order valence-electron chi connectivity index (χ0n) is 14.4. The minimum atomic E-state index is 0.698. The second kappa shape index (κ2) is 7.31. The number of hydrazone groups is 1. The quantitative estimate of drug-likeness (QED) is 0.677. The molecule has 1 aromatic heterocycles. The fourth-order valence-electron chi connectivity index (χ4n) is 2.95. The summed E-state index contributed by atoms with van der Waals surface area (Å²) in [7, 11) is 0. The van der Waals surface area contributed by atoms with Crippen LogP contribution in [-0.2, 0) is 13.1 Å². The van der Waals surface area contributed by atoms with Crippen LogP contribution in [0.5, 0.6) is 0 Å². The van der Waals surface area contributed by atoms with Gasteiger partial charge in [-0.05, 0) is 34.0 Å². The summed E-state index contributed by atoms with van der Waals surface area (Å²) in [5, 5.41) is 10.9. The average Bonchev–Trinajstić information content (AvgIpc) is 3.23. The molecule has 26 heavy (non-hydrogen) atoms. The van der Waals surface area contributed by atoms with Crippen LogP contribution in [0.3, 0.4) is 0 Å². The number of benzene rings is 2. The summed E-state index contributed by atoms with van der Waals surface area (Å²) >= 11 is 3.68. The summed E-state index contributed by atoms with van der Waals surface area (Å²) in [6, 6.07) is 18.7. The van der Waals surface area contributed by atoms with Crippen LogP contribution < -0.4 is 11.1 Å². The summed E-state index contributed by atoms with van der Waals surface area (Å²) < 4.78 is 2.83. The van der Waals surface area contributed by atoms with Crippen molar-refractivity contribution in [3.05, 3.63) is 87.7 Å². The average molecular weight is 411 g/mol. The lowest BCUT2D eigenvalue weighted by Crippen LogP contribution is -2.40. The lowest BCUT2D eigenvalue weighted by molar-refractivity contribution is 0.288. The van der Waals surface area contributed by atoms with Crippen molar-refractivity contribution >= 4 is 21.8 Å². The number of nitrogens with zero attached hydrogens (tertiary/aromatic N) is 4. The van der Waals surface area contributed by atoms with Gasteiger partial charge in [-0.1, -0.05) is 60.2 Å². The molecule has 2 heterocycles. The van der Waals surface area contributed by atoms with E-state index in [4.69, 9.17) is 0 Å². The monoisotopic (exact) mass is 410 g/mol. The van der Waals surface area contributed by atoms with Crippen molar-refractivity contribution < 1.29 is 0 Å². The molecule has 0 aliphatic carbocycles. The number of aryl methyl sites for hydroxylation is 1. The first-order valence-corrected chi connectivity index (χ1v) is 9.17. The Morgan fingerprint density at radius 1 is 1.00 bits per heavy atom. The molecule has 0 amide bonds. The van der Waals surface area contributed by atoms with E-state index >= 15 is 0 Å². The Balaban J connectivity index is 1.55. The molecule has 0 bridgehead atoms. The predicted octanol–water partition coefficient (Wildman–Crippen LogP) is 3.19. The normalized spacial score (nSPS) is 13.6. The highest BCUT2D eigenvalue weighted by molar-refractivity contribution is 9.10. The summed E-state index contributed by atoms with van der Waals surface area (Å²) in [6.45, 7) is 3.50. The molecule has 6 nitrogen and oxygen atoms in total. The van der Waals surface area contributed by atoms with Gasteiger partial charge in [0.15, 0.2) is 5.84 Å². The van der Waals surface area contributed by atoms with Gasteiger partial charge in [-0.25, -0.2) is 5.53 Å². The Morgan fingerprint density at radius 3 is 2.62 bits per heavy atom. The summed E-state index contributed by atoms with van der Waals surface area (Å²) in [5.41, 5.74) is 10.5. The zero-order chi connectivity index (χ0) is 17.9. The minimum Gasteiger partial charge on any atom is -0.266 e. The number of halogens is 1. The Kier molecular flexibility index (Phi) is 4.73. The van der Waals surface area contributed by atoms with Gasteiger partial charge in [0.2, 0.25) is 0 Å². The second-order valence-corrected chi connectivity index (χ2v) is 6.98. The highest BCUT2D eigenvalue weighted by Gasteiger charge is 2.24. The molecule has 0 spiro atoms. The molecule has 4 rings (SSSR count). The van der Waals surface area contributed by atoms with E-state index in [2.05, 4.69) is 80.5 Å². The highest BCUT2D eigenvalue weighted by atomic mass is 79.9. The first-order chi connectivity index (χ1) is 12.7. The van der Waals surface area contributed by atoms with E-state index in [1.807, 2.05) is 34.1 Å². The number of hydrogen-bond donors (Lipinski definition) is 2. The van der Waals surface area contributed by atoms with E-state index < -0.39 is 0 Å². The third-order valence-electron chi connectivity index (χ3n) is 4.22. The second-order valence-electron chi connectivity index (χ2n) is 6.23. The molecule has 2 N–H and O–H groups in total. The van der Waals surface area contributed by atoms with Gasteiger partial charge in [0.1, 0.15) is 4.60 Å². The highest BCUT2D eigenvalue weighted by Crippen LogP contribution is 2.21. The largest absolute Gasteiger partial charge is 0.266 e. The lowest BCUT2D eigenvalue weighted by Gasteiger charge is -2.19. The van der Waals surface area contributed by atoms with Crippen LogP contribution in [0.25, 0.3) is 0 Å². The summed E-state index contributed by atoms with van der Waals surface area (Å²) in [5.74, 6) is 0.803. The van der Waals surface area contributed by atoms with Crippen molar-refractivity contribution in [2.45, 2.75) is 20.0 Å². The Labute approximate surface area is 160 Å². The third kappa shape index (κ3) is 3.49. The maximum Gasteiger partial charge on any atom is 0.177 e. The molecule has 7 heteroatoms. The van der Waals surface area contributed by atoms with Gasteiger partial charge in [0, 0.05) is 0 Å². The first kappa shape index (κ1) is 16.8. The summed E-state index contributed by atoms with van der Waals surface area (Å²) in [6.07, 6.45) is 1.84. The van der Waals surface area contributed by atoms with Crippen LogP contribution in [0.4, 0.5) is 0 Å². The van der Waals surface area contributed by atoms with Crippen molar-refractivity contribution in [3.63, 3.8) is 0 Å². The lowest BCUT2D eigenvalue weighted by atomic mass is 10.1. The van der Waals surface area contributed by atoms with Crippen molar-refractivity contribution in [3.8, 4) is 0 Å². The van der Waals surface area contributed by atoms with E-state index in [1.165, 1.54) is 16.7 Å². The van der Waals surface area contributed by atoms with Gasteiger partial charge in [-0.15, -0.1) is 10.6 Å². The number of rotatable bonds is 5. The van der Waals surface area contributed by atoms with Crippen LogP contribution in [-0.4, -0.2) is 20.6 Å². The van der Waals surface area contributed by atoms with Crippen molar-refractivity contribution in [1.82, 2.24) is 25.9 Å². The third-order valence-corrected chi connectivity index (χ3v) is 5.05. The van der Waals surface area contributed by atoms with Gasteiger partial charge in [-0.3, -0.25) is 9.69 Å². The zero-order valence-corrected chi connectivity index (χ0v) is 15.9. The topological polar surface area (TPSA) is 57.5 Å². The van der Waals surface area contributed by atoms with Gasteiger partial charge in [0.05, 0.1) is 24.8 Å². The van der Waals surface area contributed by atoms with Gasteiger partial charge < -0.3 is 0 Å². The fraction of sp³-hybridized carbons (Fsp3) is 0.158. The van der Waals surface area contributed by atoms with E-state index in [9.17, 15) is 0 Å². The van der Waals surface area contributed by atoms with Gasteiger partial charge >= 0.3 is 0 Å². The molecular formula is C19H19BrN6. The molecule has 0 fully saturated rings. The molecule has 1 aliphatic heterocycles. The van der Waals surface area contributed by atoms with Crippen LogP contribution in [0.15, 0.2) is 70.5 Å². The van der Waals surface area contributed by atoms with Crippen LogP contribution in [0, 0.1) is 6.92 Å². The molecule has 0 unspecified atom stereocenters. The van der Waals surface area contributed by atoms with Crippen molar-refractivity contribution in [1.29, 1.82) is 0 Å². The smallest absolute Gasteiger partial charge is 0.177 e. The number of hydrogen-bond acceptors (Lipinski definition) is 5. The van der Waals surface area contributed by atoms with E-state index in [-0.39, 0.29) is 0 Å². The maximum absolute atomic E-state index is 4.52. The van der Waals surface area contributed by atoms with E-state index in [0.29, 0.717) is 13.1 Å². The molecule has 132 valence electrons. The molecule has 0 radical (unpaired) electrons. The standard InChI is InChI=1S/C19H19BrN6/c1-14-6-5-9-16(10-14)13-26-19(22-23-24-26)17-11-21-25(18(17)20)12-15-7-3-2-4-8-15/h2-11,23-24H,12-13H2,1H3. The minimum absolute atomic E-state index is 0.698. The molecule has 0 saturated carbocycles. The van der Waals surface area contributed by atoms with Crippen molar-refractivity contribution in [2.75, 3.05) is 0 Å². The number of amidine groups is 1. The molecule has 2 aromatic carbocycles. The van der Waals surface area contributed by atoms with Crippen LogP contribution in [0.1, 0.15) is 22.3 Å². The Bertz CT molecular complexity index is 934. The molecule has 0 saturated heterocycles. The first-order valence-electron chi connectivity index (χ1n) is 8.38.